The summed E-state index contributed by atoms with van der Waals surface area (Å²) in [4.78, 5) is 0. The van der Waals surface area contributed by atoms with Crippen molar-refractivity contribution in [1.82, 2.24) is 0 Å². The van der Waals surface area contributed by atoms with E-state index in [9.17, 15) is 0 Å². The fourth-order valence-corrected chi connectivity index (χ4v) is 5.62. The van der Waals surface area contributed by atoms with E-state index in [1.54, 1.807) is 0 Å². The summed E-state index contributed by atoms with van der Waals surface area (Å²) in [7, 11) is 0. The van der Waals surface area contributed by atoms with E-state index < -0.39 is 0 Å². The molecule has 0 aliphatic heterocycles. The topological polar surface area (TPSA) is 26.0 Å². The van der Waals surface area contributed by atoms with E-state index in [0.29, 0.717) is 11.8 Å². The minimum absolute atomic E-state index is 0.149. The number of benzene rings is 3. The van der Waals surface area contributed by atoms with Crippen LogP contribution in [0.2, 0.25) is 0 Å². The van der Waals surface area contributed by atoms with Crippen LogP contribution in [0.5, 0.6) is 0 Å². The van der Waals surface area contributed by atoms with Crippen molar-refractivity contribution in [1.29, 1.82) is 0 Å². The van der Waals surface area contributed by atoms with Crippen LogP contribution in [0.15, 0.2) is 91.0 Å². The summed E-state index contributed by atoms with van der Waals surface area (Å²) in [6.45, 7) is 0. The van der Waals surface area contributed by atoms with Gasteiger partial charge in [-0.2, -0.15) is 0 Å². The SMILES string of the molecule is Nc1ccc2c(c1)C1(c3ccccc3-2)c2ccccc2C2C=CC=CC21. The number of nitrogen functional groups attached to an aromatic ring is 1. The Bertz CT molecular complexity index is 1120. The highest BCUT2D eigenvalue weighted by Crippen LogP contribution is 2.65. The van der Waals surface area contributed by atoms with Crippen LogP contribution in [0.4, 0.5) is 5.69 Å². The molecule has 0 bridgehead atoms. The second kappa shape index (κ2) is 4.76. The minimum Gasteiger partial charge on any atom is -0.399 e. The van der Waals surface area contributed by atoms with Gasteiger partial charge in [0.05, 0.1) is 5.41 Å². The van der Waals surface area contributed by atoms with Gasteiger partial charge in [0.15, 0.2) is 0 Å². The molecule has 1 spiro atoms. The third-order valence-corrected chi connectivity index (χ3v) is 6.49. The third kappa shape index (κ3) is 1.48. The lowest BCUT2D eigenvalue weighted by Gasteiger charge is -2.36. The number of hydrogen-bond donors (Lipinski definition) is 1. The van der Waals surface area contributed by atoms with Gasteiger partial charge in [-0.1, -0.05) is 78.9 Å². The zero-order valence-corrected chi connectivity index (χ0v) is 14.4. The second-order valence-electron chi connectivity index (χ2n) is 7.57. The Morgan fingerprint density at radius 2 is 1.42 bits per heavy atom. The summed E-state index contributed by atoms with van der Waals surface area (Å²) in [5.41, 5.74) is 15.3. The average molecular weight is 333 g/mol. The van der Waals surface area contributed by atoms with Crippen LogP contribution < -0.4 is 5.73 Å². The molecular formula is C25H19N. The van der Waals surface area contributed by atoms with Crippen molar-refractivity contribution in [3.8, 4) is 11.1 Å². The first kappa shape index (κ1) is 14.1. The molecule has 124 valence electrons. The van der Waals surface area contributed by atoms with Gasteiger partial charge < -0.3 is 5.73 Å². The molecule has 3 aromatic carbocycles. The summed E-state index contributed by atoms with van der Waals surface area (Å²) in [6.07, 6.45) is 9.17. The highest BCUT2D eigenvalue weighted by atomic mass is 14.6. The van der Waals surface area contributed by atoms with Crippen molar-refractivity contribution in [3.05, 3.63) is 113 Å². The van der Waals surface area contributed by atoms with E-state index in [-0.39, 0.29) is 5.41 Å². The van der Waals surface area contributed by atoms with Crippen LogP contribution in [0.1, 0.15) is 28.2 Å². The molecule has 0 saturated carbocycles. The number of nitrogens with two attached hydrogens (primary N) is 1. The average Bonchev–Trinajstić information content (AvgIpc) is 3.15. The molecule has 3 aliphatic carbocycles. The summed E-state index contributed by atoms with van der Waals surface area (Å²) in [5, 5.41) is 0. The first-order chi connectivity index (χ1) is 12.8. The maximum Gasteiger partial charge on any atom is 0.0538 e. The van der Waals surface area contributed by atoms with Crippen molar-refractivity contribution in [2.45, 2.75) is 11.3 Å². The molecule has 26 heavy (non-hydrogen) atoms. The van der Waals surface area contributed by atoms with E-state index in [1.807, 2.05) is 6.07 Å². The van der Waals surface area contributed by atoms with E-state index in [4.69, 9.17) is 5.73 Å². The molecule has 0 aromatic heterocycles. The molecule has 0 amide bonds. The Kier molecular flexibility index (Phi) is 2.59. The summed E-state index contributed by atoms with van der Waals surface area (Å²) < 4.78 is 0. The van der Waals surface area contributed by atoms with Gasteiger partial charge in [0, 0.05) is 17.5 Å². The first-order valence-corrected chi connectivity index (χ1v) is 9.26. The molecule has 3 aromatic rings. The lowest BCUT2D eigenvalue weighted by atomic mass is 9.65. The van der Waals surface area contributed by atoms with Gasteiger partial charge in [-0.05, 0) is 45.5 Å². The number of anilines is 1. The minimum atomic E-state index is -0.149. The van der Waals surface area contributed by atoms with Gasteiger partial charge in [-0.15, -0.1) is 0 Å². The Morgan fingerprint density at radius 3 is 2.35 bits per heavy atom. The zero-order chi connectivity index (χ0) is 17.3. The monoisotopic (exact) mass is 333 g/mol. The lowest BCUT2D eigenvalue weighted by Crippen LogP contribution is -2.33. The third-order valence-electron chi connectivity index (χ3n) is 6.49. The van der Waals surface area contributed by atoms with Crippen LogP contribution in [-0.2, 0) is 5.41 Å². The molecule has 2 N–H and O–H groups in total. The number of rotatable bonds is 0. The Balaban J connectivity index is 1.81. The molecule has 0 saturated heterocycles. The van der Waals surface area contributed by atoms with E-state index in [0.717, 1.165) is 5.69 Å². The Labute approximate surface area is 153 Å². The van der Waals surface area contributed by atoms with Crippen molar-refractivity contribution in [2.75, 3.05) is 5.73 Å². The van der Waals surface area contributed by atoms with Crippen molar-refractivity contribution >= 4 is 5.69 Å². The van der Waals surface area contributed by atoms with Crippen molar-refractivity contribution in [2.24, 2.45) is 5.92 Å². The molecule has 3 atom stereocenters. The summed E-state index contributed by atoms with van der Waals surface area (Å²) >= 11 is 0. The van der Waals surface area contributed by atoms with Crippen molar-refractivity contribution < 1.29 is 0 Å². The molecule has 0 radical (unpaired) electrons. The van der Waals surface area contributed by atoms with Gasteiger partial charge in [-0.3, -0.25) is 0 Å². The highest BCUT2D eigenvalue weighted by Gasteiger charge is 2.56. The largest absolute Gasteiger partial charge is 0.399 e. The molecule has 0 fully saturated rings. The number of fused-ring (bicyclic) bond motifs is 10. The van der Waals surface area contributed by atoms with Gasteiger partial charge in [-0.25, -0.2) is 0 Å². The summed E-state index contributed by atoms with van der Waals surface area (Å²) in [5.74, 6) is 0.797. The van der Waals surface area contributed by atoms with Crippen LogP contribution in [0.3, 0.4) is 0 Å². The fraction of sp³-hybridized carbons (Fsp3) is 0.120. The van der Waals surface area contributed by atoms with E-state index >= 15 is 0 Å². The van der Waals surface area contributed by atoms with E-state index in [2.05, 4.69) is 85.0 Å². The fourth-order valence-electron chi connectivity index (χ4n) is 5.62. The molecule has 1 heteroatoms. The van der Waals surface area contributed by atoms with Crippen molar-refractivity contribution in [3.63, 3.8) is 0 Å². The quantitative estimate of drug-likeness (QED) is 0.546. The smallest absolute Gasteiger partial charge is 0.0538 e. The van der Waals surface area contributed by atoms with E-state index in [1.165, 1.54) is 33.4 Å². The normalized spacial score (nSPS) is 26.5. The van der Waals surface area contributed by atoms with Crippen LogP contribution in [-0.4, -0.2) is 0 Å². The lowest BCUT2D eigenvalue weighted by molar-refractivity contribution is 0.465. The van der Waals surface area contributed by atoms with Gasteiger partial charge in [0.2, 0.25) is 0 Å². The zero-order valence-electron chi connectivity index (χ0n) is 14.4. The molecule has 6 rings (SSSR count). The standard InChI is InChI=1S/C25H19N/c26-16-13-14-20-19-9-3-6-12-23(19)25(24(20)15-16)21-10-4-1-7-17(21)18-8-2-5-11-22(18)25/h1-15,17,21H,26H2. The maximum atomic E-state index is 6.27. The van der Waals surface area contributed by atoms with Gasteiger partial charge >= 0.3 is 0 Å². The molecule has 3 unspecified atom stereocenters. The second-order valence-corrected chi connectivity index (χ2v) is 7.57. The molecule has 0 heterocycles. The Hall–Kier alpha value is -3.06. The molecule has 1 nitrogen and oxygen atoms in total. The summed E-state index contributed by atoms with van der Waals surface area (Å²) in [6, 6.07) is 24.3. The predicted molar refractivity (Wildman–Crippen MR) is 107 cm³/mol. The van der Waals surface area contributed by atoms with Gasteiger partial charge in [0.1, 0.15) is 0 Å². The predicted octanol–water partition coefficient (Wildman–Crippen LogP) is 5.42. The number of allylic oxidation sites excluding steroid dienone is 4. The highest BCUT2D eigenvalue weighted by molar-refractivity contribution is 5.86. The van der Waals surface area contributed by atoms with Crippen LogP contribution in [0.25, 0.3) is 11.1 Å². The van der Waals surface area contributed by atoms with Crippen LogP contribution >= 0.6 is 0 Å². The number of hydrogen-bond acceptors (Lipinski definition) is 1. The molecule has 3 aliphatic rings. The van der Waals surface area contributed by atoms with Gasteiger partial charge in [0.25, 0.3) is 0 Å². The first-order valence-electron chi connectivity index (χ1n) is 9.26. The molecular weight excluding hydrogens is 314 g/mol. The van der Waals surface area contributed by atoms with Crippen LogP contribution in [0, 0.1) is 5.92 Å². The Morgan fingerprint density at radius 1 is 0.692 bits per heavy atom. The maximum absolute atomic E-state index is 6.27.